The van der Waals surface area contributed by atoms with E-state index in [1.54, 1.807) is 0 Å². The minimum atomic E-state index is 0.521. The van der Waals surface area contributed by atoms with Gasteiger partial charge >= 0.3 is 0 Å². The first-order valence-electron chi connectivity index (χ1n) is 5.29. The van der Waals surface area contributed by atoms with Crippen molar-refractivity contribution in [2.75, 3.05) is 13.1 Å². The van der Waals surface area contributed by atoms with E-state index in [1.807, 2.05) is 6.07 Å². The monoisotopic (exact) mass is 343 g/mol. The van der Waals surface area contributed by atoms with Crippen molar-refractivity contribution in [3.8, 4) is 0 Å². The topological polar surface area (TPSA) is 29.3 Å². The molecule has 3 heterocycles. The van der Waals surface area contributed by atoms with E-state index in [-0.39, 0.29) is 0 Å². The molecule has 0 bridgehead atoms. The molecule has 0 radical (unpaired) electrons. The molecule has 1 unspecified atom stereocenters. The van der Waals surface area contributed by atoms with Gasteiger partial charge in [-0.15, -0.1) is 0 Å². The SMILES string of the molecule is Brc1ccc2c(Br)nc(C3CCNC3)n2c1. The Morgan fingerprint density at radius 1 is 1.38 bits per heavy atom. The standard InChI is InChI=1S/C11H11Br2N3/c12-8-1-2-9-10(13)15-11(16(9)6-8)7-3-4-14-5-7/h1-2,6-7,14H,3-5H2. The van der Waals surface area contributed by atoms with E-state index in [2.05, 4.69) is 58.8 Å². The predicted molar refractivity (Wildman–Crippen MR) is 70.8 cm³/mol. The number of nitrogens with zero attached hydrogens (tertiary/aromatic N) is 2. The first-order valence-corrected chi connectivity index (χ1v) is 6.88. The smallest absolute Gasteiger partial charge is 0.132 e. The van der Waals surface area contributed by atoms with E-state index in [9.17, 15) is 0 Å². The molecule has 84 valence electrons. The van der Waals surface area contributed by atoms with Crippen molar-refractivity contribution in [1.29, 1.82) is 0 Å². The summed E-state index contributed by atoms with van der Waals surface area (Å²) < 4.78 is 4.19. The van der Waals surface area contributed by atoms with Crippen LogP contribution >= 0.6 is 31.9 Å². The Kier molecular flexibility index (Phi) is 2.77. The van der Waals surface area contributed by atoms with E-state index in [1.165, 1.54) is 0 Å². The maximum Gasteiger partial charge on any atom is 0.132 e. The van der Waals surface area contributed by atoms with Gasteiger partial charge in [-0.25, -0.2) is 4.98 Å². The Morgan fingerprint density at radius 3 is 3.00 bits per heavy atom. The second kappa shape index (κ2) is 4.13. The lowest BCUT2D eigenvalue weighted by Crippen LogP contribution is -2.10. The van der Waals surface area contributed by atoms with Crippen LogP contribution in [0.1, 0.15) is 18.2 Å². The molecule has 1 aliphatic heterocycles. The van der Waals surface area contributed by atoms with Gasteiger partial charge in [-0.1, -0.05) is 0 Å². The second-order valence-corrected chi connectivity index (χ2v) is 5.72. The zero-order valence-electron chi connectivity index (χ0n) is 8.58. The van der Waals surface area contributed by atoms with Crippen LogP contribution < -0.4 is 5.32 Å². The molecule has 1 aliphatic rings. The number of aromatic nitrogens is 2. The fraction of sp³-hybridized carbons (Fsp3) is 0.364. The number of nitrogens with one attached hydrogen (secondary N) is 1. The largest absolute Gasteiger partial charge is 0.316 e. The van der Waals surface area contributed by atoms with Crippen LogP contribution in [0, 0.1) is 0 Å². The van der Waals surface area contributed by atoms with Gasteiger partial charge in [0, 0.05) is 23.1 Å². The lowest BCUT2D eigenvalue weighted by atomic mass is 10.1. The van der Waals surface area contributed by atoms with Gasteiger partial charge in [0.1, 0.15) is 10.4 Å². The molecule has 1 N–H and O–H groups in total. The third kappa shape index (κ3) is 1.71. The molecule has 0 aromatic carbocycles. The van der Waals surface area contributed by atoms with Crippen molar-refractivity contribution < 1.29 is 0 Å². The maximum atomic E-state index is 4.63. The summed E-state index contributed by atoms with van der Waals surface area (Å²) in [5.41, 5.74) is 1.13. The predicted octanol–water partition coefficient (Wildman–Crippen LogP) is 2.94. The van der Waals surface area contributed by atoms with Crippen molar-refractivity contribution in [1.82, 2.24) is 14.7 Å². The number of hydrogen-bond donors (Lipinski definition) is 1. The number of hydrogen-bond acceptors (Lipinski definition) is 2. The van der Waals surface area contributed by atoms with Gasteiger partial charge in [-0.2, -0.15) is 0 Å². The maximum absolute atomic E-state index is 4.63. The summed E-state index contributed by atoms with van der Waals surface area (Å²) in [6, 6.07) is 4.12. The van der Waals surface area contributed by atoms with Crippen molar-refractivity contribution in [3.63, 3.8) is 0 Å². The molecule has 0 aliphatic carbocycles. The Labute approximate surface area is 111 Å². The van der Waals surface area contributed by atoms with Crippen molar-refractivity contribution >= 4 is 37.4 Å². The van der Waals surface area contributed by atoms with Gasteiger partial charge < -0.3 is 9.72 Å². The molecule has 0 saturated carbocycles. The third-order valence-corrected chi connectivity index (χ3v) is 4.06. The Morgan fingerprint density at radius 2 is 2.25 bits per heavy atom. The van der Waals surface area contributed by atoms with Gasteiger partial charge in [-0.3, -0.25) is 0 Å². The summed E-state index contributed by atoms with van der Waals surface area (Å²) in [6.45, 7) is 2.11. The molecule has 3 rings (SSSR count). The van der Waals surface area contributed by atoms with E-state index < -0.39 is 0 Å². The number of imidazole rings is 1. The van der Waals surface area contributed by atoms with Gasteiger partial charge in [0.2, 0.25) is 0 Å². The molecule has 1 atom stereocenters. The molecular weight excluding hydrogens is 334 g/mol. The molecular formula is C11H11Br2N3. The van der Waals surface area contributed by atoms with Crippen LogP contribution in [0.25, 0.3) is 5.52 Å². The van der Waals surface area contributed by atoms with Gasteiger partial charge in [0.15, 0.2) is 0 Å². The molecule has 2 aromatic rings. The average molecular weight is 345 g/mol. The second-order valence-electron chi connectivity index (χ2n) is 4.05. The van der Waals surface area contributed by atoms with Crippen LogP contribution in [0.5, 0.6) is 0 Å². The average Bonchev–Trinajstić information content (AvgIpc) is 2.86. The zero-order chi connectivity index (χ0) is 11.1. The highest BCUT2D eigenvalue weighted by molar-refractivity contribution is 9.10. The highest BCUT2D eigenvalue weighted by Crippen LogP contribution is 2.28. The number of rotatable bonds is 1. The van der Waals surface area contributed by atoms with Crippen LogP contribution in [-0.2, 0) is 0 Å². The first-order chi connectivity index (χ1) is 7.75. The zero-order valence-corrected chi connectivity index (χ0v) is 11.8. The van der Waals surface area contributed by atoms with Crippen molar-refractivity contribution in [3.05, 3.63) is 33.2 Å². The van der Waals surface area contributed by atoms with Crippen LogP contribution in [0.3, 0.4) is 0 Å². The quantitative estimate of drug-likeness (QED) is 0.861. The molecule has 0 spiro atoms. The van der Waals surface area contributed by atoms with Crippen LogP contribution in [0.4, 0.5) is 0 Å². The van der Waals surface area contributed by atoms with E-state index in [0.29, 0.717) is 5.92 Å². The summed E-state index contributed by atoms with van der Waals surface area (Å²) in [4.78, 5) is 4.63. The molecule has 16 heavy (non-hydrogen) atoms. The molecule has 0 amide bonds. The number of fused-ring (bicyclic) bond motifs is 1. The minimum absolute atomic E-state index is 0.521. The lowest BCUT2D eigenvalue weighted by molar-refractivity contribution is 0.697. The van der Waals surface area contributed by atoms with Gasteiger partial charge in [0.25, 0.3) is 0 Å². The summed E-state index contributed by atoms with van der Waals surface area (Å²) in [7, 11) is 0. The molecule has 5 heteroatoms. The third-order valence-electron chi connectivity index (χ3n) is 3.01. The van der Waals surface area contributed by atoms with Crippen LogP contribution in [-0.4, -0.2) is 22.5 Å². The molecule has 1 fully saturated rings. The minimum Gasteiger partial charge on any atom is -0.316 e. The van der Waals surface area contributed by atoms with E-state index >= 15 is 0 Å². The highest BCUT2D eigenvalue weighted by atomic mass is 79.9. The first kappa shape index (κ1) is 10.7. The normalized spacial score (nSPS) is 20.8. The summed E-state index contributed by atoms with van der Waals surface area (Å²) in [6.07, 6.45) is 3.25. The fourth-order valence-electron chi connectivity index (χ4n) is 2.21. The van der Waals surface area contributed by atoms with Crippen LogP contribution in [0.15, 0.2) is 27.4 Å². The van der Waals surface area contributed by atoms with Gasteiger partial charge in [-0.05, 0) is 57.0 Å². The fourth-order valence-corrected chi connectivity index (χ4v) is 3.05. The Balaban J connectivity index is 2.19. The highest BCUT2D eigenvalue weighted by Gasteiger charge is 2.22. The lowest BCUT2D eigenvalue weighted by Gasteiger charge is -2.07. The molecule has 3 nitrogen and oxygen atoms in total. The summed E-state index contributed by atoms with van der Waals surface area (Å²) in [5.74, 6) is 1.67. The molecule has 2 aromatic heterocycles. The Hall–Kier alpha value is -0.390. The van der Waals surface area contributed by atoms with E-state index in [4.69, 9.17) is 0 Å². The van der Waals surface area contributed by atoms with Crippen molar-refractivity contribution in [2.45, 2.75) is 12.3 Å². The summed E-state index contributed by atoms with van der Waals surface area (Å²) >= 11 is 7.03. The van der Waals surface area contributed by atoms with E-state index in [0.717, 1.165) is 39.9 Å². The van der Waals surface area contributed by atoms with Gasteiger partial charge in [0.05, 0.1) is 5.52 Å². The molecule has 1 saturated heterocycles. The van der Waals surface area contributed by atoms with Crippen LogP contribution in [0.2, 0.25) is 0 Å². The summed E-state index contributed by atoms with van der Waals surface area (Å²) in [5, 5.41) is 3.38. The Bertz CT molecular complexity index is 529. The number of pyridine rings is 1. The van der Waals surface area contributed by atoms with Crippen molar-refractivity contribution in [2.24, 2.45) is 0 Å². The number of halogens is 2.